The van der Waals surface area contributed by atoms with Crippen LogP contribution in [0.1, 0.15) is 22.8 Å². The summed E-state index contributed by atoms with van der Waals surface area (Å²) in [5.41, 5.74) is 4.48. The molecule has 3 aromatic heterocycles. The van der Waals surface area contributed by atoms with Gasteiger partial charge in [-0.25, -0.2) is 4.98 Å². The molecular weight excluding hydrogens is 461 g/mol. The first-order chi connectivity index (χ1) is 16.0. The van der Waals surface area contributed by atoms with Crippen molar-refractivity contribution in [3.05, 3.63) is 58.5 Å². The zero-order valence-electron chi connectivity index (χ0n) is 17.8. The number of halogens is 2. The average Bonchev–Trinajstić information content (AvgIpc) is 3.56. The molecule has 0 spiro atoms. The van der Waals surface area contributed by atoms with Gasteiger partial charge in [-0.05, 0) is 31.2 Å². The van der Waals surface area contributed by atoms with Crippen molar-refractivity contribution in [3.8, 4) is 11.3 Å². The van der Waals surface area contributed by atoms with Gasteiger partial charge in [0.2, 0.25) is 0 Å². The smallest absolute Gasteiger partial charge is 0.263 e. The first-order valence-corrected chi connectivity index (χ1v) is 11.5. The van der Waals surface area contributed by atoms with Gasteiger partial charge in [-0.15, -0.1) is 0 Å². The highest BCUT2D eigenvalue weighted by Crippen LogP contribution is 2.40. The molecular formula is C23H21Cl2N7O. The summed E-state index contributed by atoms with van der Waals surface area (Å²) in [6.07, 6.45) is 6.61. The van der Waals surface area contributed by atoms with E-state index < -0.39 is 0 Å². The third kappa shape index (κ3) is 3.28. The Balaban J connectivity index is 1.40. The Morgan fingerprint density at radius 3 is 2.73 bits per heavy atom. The van der Waals surface area contributed by atoms with Crippen molar-refractivity contribution in [2.45, 2.75) is 12.5 Å². The molecule has 1 aromatic carbocycles. The van der Waals surface area contributed by atoms with Crippen LogP contribution in [0.3, 0.4) is 0 Å². The molecule has 1 fully saturated rings. The number of nitrogens with zero attached hydrogens (tertiary/aromatic N) is 5. The van der Waals surface area contributed by atoms with Crippen LogP contribution in [0.15, 0.2) is 42.9 Å². The Morgan fingerprint density at radius 1 is 1.15 bits per heavy atom. The van der Waals surface area contributed by atoms with Gasteiger partial charge in [0.1, 0.15) is 5.65 Å². The Labute approximate surface area is 200 Å². The number of carbonyl (C=O) groups excluding carboxylic acids is 1. The summed E-state index contributed by atoms with van der Waals surface area (Å²) in [4.78, 5) is 25.0. The van der Waals surface area contributed by atoms with E-state index in [1.807, 2.05) is 28.9 Å². The maximum atomic E-state index is 13.5. The lowest BCUT2D eigenvalue weighted by atomic mass is 10.1. The molecule has 1 saturated heterocycles. The second kappa shape index (κ2) is 7.76. The number of hydrogen-bond acceptors (Lipinski definition) is 5. The van der Waals surface area contributed by atoms with Gasteiger partial charge < -0.3 is 15.2 Å². The van der Waals surface area contributed by atoms with Crippen molar-refractivity contribution >= 4 is 51.5 Å². The first-order valence-electron chi connectivity index (χ1n) is 10.7. The monoisotopic (exact) mass is 481 g/mol. The predicted molar refractivity (Wildman–Crippen MR) is 130 cm³/mol. The topological polar surface area (TPSA) is 82.1 Å². The Bertz CT molecular complexity index is 1370. The number of pyridine rings is 1. The highest BCUT2D eigenvalue weighted by atomic mass is 35.5. The van der Waals surface area contributed by atoms with Crippen LogP contribution >= 0.6 is 23.2 Å². The Hall–Kier alpha value is -3.07. The lowest BCUT2D eigenvalue weighted by molar-refractivity contribution is 0.0982. The molecule has 0 unspecified atom stereocenters. The number of rotatable bonds is 3. The standard InChI is InChI=1S/C23H21Cl2N7O/c1-30-12-31(21-17(24)3-2-4-18(21)25)23(33)16-10-27-22-15(20(16)30)7-19(29-22)13-8-28-32(11-13)14-5-6-26-9-14/h2-4,7-8,10-11,14,26H,5-6,9,12H2,1H3,(H,27,29)/t14-/m0/s1. The highest BCUT2D eigenvalue weighted by Gasteiger charge is 2.33. The molecule has 1 amide bonds. The molecule has 4 aromatic rings. The molecule has 8 nitrogen and oxygen atoms in total. The number of hydrogen-bond donors (Lipinski definition) is 2. The van der Waals surface area contributed by atoms with Crippen molar-refractivity contribution < 1.29 is 4.79 Å². The molecule has 10 heteroatoms. The fourth-order valence-corrected chi connectivity index (χ4v) is 5.34. The minimum atomic E-state index is -0.184. The molecule has 0 bridgehead atoms. The van der Waals surface area contributed by atoms with Crippen LogP contribution in [-0.2, 0) is 0 Å². The zero-order valence-corrected chi connectivity index (χ0v) is 19.4. The van der Waals surface area contributed by atoms with E-state index in [-0.39, 0.29) is 5.91 Å². The average molecular weight is 482 g/mol. The van der Waals surface area contributed by atoms with Crippen molar-refractivity contribution in [2.75, 3.05) is 36.6 Å². The number of benzene rings is 1. The van der Waals surface area contributed by atoms with Crippen LogP contribution in [-0.4, -0.2) is 52.5 Å². The molecule has 33 heavy (non-hydrogen) atoms. The second-order valence-electron chi connectivity index (χ2n) is 8.46. The molecule has 6 rings (SSSR count). The predicted octanol–water partition coefficient (Wildman–Crippen LogP) is 4.32. The van der Waals surface area contributed by atoms with Crippen molar-refractivity contribution in [2.24, 2.45) is 0 Å². The molecule has 168 valence electrons. The molecule has 0 saturated carbocycles. The number of anilines is 2. The number of aromatic amines is 1. The SMILES string of the molecule is CN1CN(c2c(Cl)cccc2Cl)C(=O)c2cnc3[nH]c(-c4cnn([C@H]5CCNC5)c4)cc3c21. The Kier molecular flexibility index (Phi) is 4.83. The number of carbonyl (C=O) groups is 1. The zero-order chi connectivity index (χ0) is 22.7. The van der Waals surface area contributed by atoms with E-state index in [0.717, 1.165) is 47.5 Å². The van der Waals surface area contributed by atoms with Crippen LogP contribution in [0, 0.1) is 0 Å². The van der Waals surface area contributed by atoms with Crippen LogP contribution in [0.5, 0.6) is 0 Å². The van der Waals surface area contributed by atoms with E-state index in [0.29, 0.717) is 34.0 Å². The summed E-state index contributed by atoms with van der Waals surface area (Å²) in [7, 11) is 1.94. The fourth-order valence-electron chi connectivity index (χ4n) is 4.74. The third-order valence-electron chi connectivity index (χ3n) is 6.37. The van der Waals surface area contributed by atoms with Gasteiger partial charge in [-0.2, -0.15) is 5.10 Å². The fraction of sp³-hybridized carbons (Fsp3) is 0.261. The van der Waals surface area contributed by atoms with Gasteiger partial charge >= 0.3 is 0 Å². The van der Waals surface area contributed by atoms with Gasteiger partial charge in [0.25, 0.3) is 5.91 Å². The number of nitrogens with one attached hydrogen (secondary N) is 2. The van der Waals surface area contributed by atoms with Crippen LogP contribution in [0.4, 0.5) is 11.4 Å². The second-order valence-corrected chi connectivity index (χ2v) is 9.28. The van der Waals surface area contributed by atoms with Gasteiger partial charge in [-0.3, -0.25) is 14.4 Å². The summed E-state index contributed by atoms with van der Waals surface area (Å²) < 4.78 is 2.02. The maximum absolute atomic E-state index is 13.5. The molecule has 1 atom stereocenters. The molecule has 0 radical (unpaired) electrons. The molecule has 0 aliphatic carbocycles. The first kappa shape index (κ1) is 20.5. The number of fused-ring (bicyclic) bond motifs is 3. The summed E-state index contributed by atoms with van der Waals surface area (Å²) >= 11 is 12.8. The molecule has 2 aliphatic rings. The Morgan fingerprint density at radius 2 is 1.97 bits per heavy atom. The minimum Gasteiger partial charge on any atom is -0.355 e. The van der Waals surface area contributed by atoms with Crippen molar-refractivity contribution in [3.63, 3.8) is 0 Å². The largest absolute Gasteiger partial charge is 0.355 e. The molecule has 5 heterocycles. The number of H-pyrrole nitrogens is 1. The van der Waals surface area contributed by atoms with E-state index in [1.54, 1.807) is 29.3 Å². The van der Waals surface area contributed by atoms with E-state index in [1.165, 1.54) is 0 Å². The van der Waals surface area contributed by atoms with Gasteiger partial charge in [0.15, 0.2) is 0 Å². The van der Waals surface area contributed by atoms with Crippen LogP contribution in [0.25, 0.3) is 22.3 Å². The number of para-hydroxylation sites is 1. The molecule has 2 aliphatic heterocycles. The number of amides is 1. The quantitative estimate of drug-likeness (QED) is 0.455. The summed E-state index contributed by atoms with van der Waals surface area (Å²) in [5, 5.41) is 9.68. The lowest BCUT2D eigenvalue weighted by Gasteiger charge is -2.36. The maximum Gasteiger partial charge on any atom is 0.263 e. The summed E-state index contributed by atoms with van der Waals surface area (Å²) in [6, 6.07) is 7.64. The third-order valence-corrected chi connectivity index (χ3v) is 6.98. The minimum absolute atomic E-state index is 0.184. The van der Waals surface area contributed by atoms with E-state index in [2.05, 4.69) is 26.6 Å². The van der Waals surface area contributed by atoms with E-state index in [9.17, 15) is 4.79 Å². The van der Waals surface area contributed by atoms with Crippen molar-refractivity contribution in [1.82, 2.24) is 25.1 Å². The van der Waals surface area contributed by atoms with Crippen molar-refractivity contribution in [1.29, 1.82) is 0 Å². The highest BCUT2D eigenvalue weighted by molar-refractivity contribution is 6.40. The summed E-state index contributed by atoms with van der Waals surface area (Å²) in [5.74, 6) is -0.184. The van der Waals surface area contributed by atoms with Gasteiger partial charge in [0, 0.05) is 36.9 Å². The van der Waals surface area contributed by atoms with Crippen LogP contribution in [0.2, 0.25) is 10.0 Å². The van der Waals surface area contributed by atoms with Crippen LogP contribution < -0.4 is 15.1 Å². The van der Waals surface area contributed by atoms with E-state index in [4.69, 9.17) is 23.2 Å². The van der Waals surface area contributed by atoms with Gasteiger partial charge in [0.05, 0.1) is 51.6 Å². The van der Waals surface area contributed by atoms with E-state index >= 15 is 0 Å². The summed E-state index contributed by atoms with van der Waals surface area (Å²) in [6.45, 7) is 2.27. The molecule has 2 N–H and O–H groups in total. The normalized spacial score (nSPS) is 18.4. The lowest BCUT2D eigenvalue weighted by Crippen LogP contribution is -2.45. The number of aromatic nitrogens is 4. The van der Waals surface area contributed by atoms with Gasteiger partial charge in [-0.1, -0.05) is 29.3 Å².